The highest BCUT2D eigenvalue weighted by Gasteiger charge is 2.57. The fourth-order valence-electron chi connectivity index (χ4n) is 3.88. The molecular formula is C20H24O4. The fourth-order valence-corrected chi connectivity index (χ4v) is 3.88. The van der Waals surface area contributed by atoms with Gasteiger partial charge >= 0.3 is 0 Å². The van der Waals surface area contributed by atoms with Gasteiger partial charge in [0.2, 0.25) is 17.3 Å². The molecule has 24 heavy (non-hydrogen) atoms. The van der Waals surface area contributed by atoms with Gasteiger partial charge in [-0.05, 0) is 65.4 Å². The number of allylic oxidation sites excluding steroid dienone is 4. The number of hydrogen-bond donors (Lipinski definition) is 0. The van der Waals surface area contributed by atoms with E-state index >= 15 is 0 Å². The number of carbonyl (C=O) groups is 3. The zero-order valence-electron chi connectivity index (χ0n) is 14.9. The molecule has 4 nitrogen and oxygen atoms in total. The van der Waals surface area contributed by atoms with Gasteiger partial charge in [0, 0.05) is 5.57 Å². The number of ether oxygens (including phenoxy) is 1. The number of rotatable bonds is 1. The zero-order chi connectivity index (χ0) is 17.9. The molecule has 1 spiro atoms. The first kappa shape index (κ1) is 16.9. The summed E-state index contributed by atoms with van der Waals surface area (Å²) < 4.78 is 6.00. The molecular weight excluding hydrogens is 304 g/mol. The molecule has 2 atom stereocenters. The Morgan fingerprint density at radius 3 is 2.29 bits per heavy atom. The largest absolute Gasteiger partial charge is 0.479 e. The van der Waals surface area contributed by atoms with E-state index in [9.17, 15) is 14.4 Å². The third kappa shape index (κ3) is 2.15. The summed E-state index contributed by atoms with van der Waals surface area (Å²) in [7, 11) is 0. The van der Waals surface area contributed by atoms with Gasteiger partial charge in [0.05, 0.1) is 0 Å². The van der Waals surface area contributed by atoms with E-state index in [1.165, 1.54) is 5.57 Å². The van der Waals surface area contributed by atoms with Gasteiger partial charge in [-0.3, -0.25) is 14.4 Å². The van der Waals surface area contributed by atoms with Crippen LogP contribution >= 0.6 is 0 Å². The molecule has 1 heterocycles. The lowest BCUT2D eigenvalue weighted by molar-refractivity contribution is -0.152. The maximum absolute atomic E-state index is 13.2. The highest BCUT2D eigenvalue weighted by atomic mass is 16.5. The van der Waals surface area contributed by atoms with E-state index in [2.05, 4.69) is 6.58 Å². The van der Waals surface area contributed by atoms with E-state index < -0.39 is 22.6 Å². The van der Waals surface area contributed by atoms with Crippen LogP contribution in [0.1, 0.15) is 59.8 Å². The monoisotopic (exact) mass is 328 g/mol. The van der Waals surface area contributed by atoms with Crippen molar-refractivity contribution in [3.05, 3.63) is 34.6 Å². The average molecular weight is 328 g/mol. The third-order valence-electron chi connectivity index (χ3n) is 6.13. The number of ketones is 3. The van der Waals surface area contributed by atoms with E-state index in [4.69, 9.17) is 4.74 Å². The summed E-state index contributed by atoms with van der Waals surface area (Å²) in [5.74, 6) is -1.26. The molecule has 1 aliphatic heterocycles. The van der Waals surface area contributed by atoms with E-state index in [0.717, 1.165) is 11.1 Å². The van der Waals surface area contributed by atoms with E-state index in [1.807, 2.05) is 27.7 Å². The van der Waals surface area contributed by atoms with Crippen LogP contribution in [0, 0.1) is 5.41 Å². The molecule has 0 aromatic rings. The minimum Gasteiger partial charge on any atom is -0.479 e. The van der Waals surface area contributed by atoms with Crippen LogP contribution in [0.2, 0.25) is 0 Å². The Morgan fingerprint density at radius 2 is 1.71 bits per heavy atom. The number of Topliss-reactive ketones (excluding diaryl/α,β-unsaturated/α-hetero) is 3. The second kappa shape index (κ2) is 5.27. The highest BCUT2D eigenvalue weighted by molar-refractivity contribution is 6.52. The molecule has 128 valence electrons. The lowest BCUT2D eigenvalue weighted by Crippen LogP contribution is -2.53. The van der Waals surface area contributed by atoms with Crippen molar-refractivity contribution in [2.75, 3.05) is 0 Å². The van der Waals surface area contributed by atoms with Gasteiger partial charge in [-0.15, -0.1) is 0 Å². The molecule has 0 N–H and O–H groups in total. The Bertz CT molecular complexity index is 752. The molecule has 0 aromatic carbocycles. The summed E-state index contributed by atoms with van der Waals surface area (Å²) >= 11 is 0. The predicted octanol–water partition coefficient (Wildman–Crippen LogP) is 3.61. The van der Waals surface area contributed by atoms with Crippen molar-refractivity contribution >= 4 is 17.3 Å². The molecule has 0 saturated heterocycles. The van der Waals surface area contributed by atoms with Crippen molar-refractivity contribution in [2.45, 2.75) is 65.4 Å². The van der Waals surface area contributed by atoms with Crippen molar-refractivity contribution in [1.29, 1.82) is 0 Å². The Kier molecular flexibility index (Phi) is 3.70. The topological polar surface area (TPSA) is 60.4 Å². The lowest BCUT2D eigenvalue weighted by Gasteiger charge is -2.43. The normalized spacial score (nSPS) is 33.8. The van der Waals surface area contributed by atoms with Crippen molar-refractivity contribution < 1.29 is 19.1 Å². The quantitative estimate of drug-likeness (QED) is 0.419. The third-order valence-corrected chi connectivity index (χ3v) is 6.13. The number of carbonyl (C=O) groups excluding carboxylic acids is 3. The van der Waals surface area contributed by atoms with Crippen molar-refractivity contribution in [3.8, 4) is 0 Å². The minimum atomic E-state index is -1.26. The molecule has 3 rings (SSSR count). The smallest absolute Gasteiger partial charge is 0.229 e. The summed E-state index contributed by atoms with van der Waals surface area (Å²) in [5.41, 5.74) is 1.38. The summed E-state index contributed by atoms with van der Waals surface area (Å²) in [6, 6.07) is 0. The summed E-state index contributed by atoms with van der Waals surface area (Å²) in [6.45, 7) is 11.7. The summed E-state index contributed by atoms with van der Waals surface area (Å²) in [6.07, 6.45) is 2.32. The van der Waals surface area contributed by atoms with Crippen LogP contribution in [-0.4, -0.2) is 23.0 Å². The van der Waals surface area contributed by atoms with Gasteiger partial charge in [0.25, 0.3) is 0 Å². The molecule has 2 aliphatic carbocycles. The van der Waals surface area contributed by atoms with Crippen molar-refractivity contribution in [3.63, 3.8) is 0 Å². The van der Waals surface area contributed by atoms with Crippen LogP contribution < -0.4 is 0 Å². The molecule has 2 unspecified atom stereocenters. The minimum absolute atomic E-state index is 0.115. The second-order valence-corrected chi connectivity index (χ2v) is 7.73. The molecule has 0 aromatic heterocycles. The van der Waals surface area contributed by atoms with Crippen LogP contribution in [-0.2, 0) is 19.1 Å². The van der Waals surface area contributed by atoms with Gasteiger partial charge in [0.1, 0.15) is 11.0 Å². The highest BCUT2D eigenvalue weighted by Crippen LogP contribution is 2.49. The van der Waals surface area contributed by atoms with Crippen LogP contribution in [0.15, 0.2) is 34.6 Å². The van der Waals surface area contributed by atoms with E-state index in [-0.39, 0.29) is 17.1 Å². The van der Waals surface area contributed by atoms with Crippen LogP contribution in [0.3, 0.4) is 0 Å². The fraction of sp³-hybridized carbons (Fsp3) is 0.550. The van der Waals surface area contributed by atoms with Gasteiger partial charge in [-0.25, -0.2) is 0 Å². The summed E-state index contributed by atoms with van der Waals surface area (Å²) in [5, 5.41) is 0. The first-order valence-electron chi connectivity index (χ1n) is 8.50. The maximum Gasteiger partial charge on any atom is 0.229 e. The van der Waals surface area contributed by atoms with Crippen LogP contribution in [0.5, 0.6) is 0 Å². The maximum atomic E-state index is 13.2. The zero-order valence-corrected chi connectivity index (χ0v) is 14.9. The Balaban J connectivity index is 2.09. The molecule has 3 aliphatic rings. The predicted molar refractivity (Wildman–Crippen MR) is 90.2 cm³/mol. The Morgan fingerprint density at radius 1 is 1.04 bits per heavy atom. The first-order valence-corrected chi connectivity index (χ1v) is 8.50. The average Bonchev–Trinajstić information content (AvgIpc) is 2.54. The first-order chi connectivity index (χ1) is 11.1. The SMILES string of the molecule is C=C(C)C1(C)CCC2=C(O1)C(=O)C1(CCC(C)=C(C)C1)C(=O)C2=O. The standard InChI is InChI=1S/C20H24O4/c1-11(2)19(5)8-7-14-15(21)17(22)20(18(23)16(14)24-19)9-6-12(3)13(4)10-20/h1,6-10H2,2-5H3. The Labute approximate surface area is 142 Å². The van der Waals surface area contributed by atoms with Crippen molar-refractivity contribution in [2.24, 2.45) is 5.41 Å². The lowest BCUT2D eigenvalue weighted by atomic mass is 9.61. The van der Waals surface area contributed by atoms with Gasteiger partial charge < -0.3 is 4.74 Å². The molecule has 0 fully saturated rings. The second-order valence-electron chi connectivity index (χ2n) is 7.73. The molecule has 0 radical (unpaired) electrons. The van der Waals surface area contributed by atoms with Crippen molar-refractivity contribution in [1.82, 2.24) is 0 Å². The Hall–Kier alpha value is -1.97. The van der Waals surface area contributed by atoms with E-state index in [0.29, 0.717) is 32.1 Å². The van der Waals surface area contributed by atoms with Gasteiger partial charge in [0.15, 0.2) is 5.76 Å². The van der Waals surface area contributed by atoms with Crippen LogP contribution in [0.4, 0.5) is 0 Å². The molecule has 0 amide bonds. The molecule has 0 saturated carbocycles. The summed E-state index contributed by atoms with van der Waals surface area (Å²) in [4.78, 5) is 38.7. The molecule has 0 bridgehead atoms. The van der Waals surface area contributed by atoms with E-state index in [1.54, 1.807) is 0 Å². The number of hydrogen-bond acceptors (Lipinski definition) is 4. The van der Waals surface area contributed by atoms with Gasteiger partial charge in [-0.1, -0.05) is 17.7 Å². The van der Waals surface area contributed by atoms with Gasteiger partial charge in [-0.2, -0.15) is 0 Å². The van der Waals surface area contributed by atoms with Crippen LogP contribution in [0.25, 0.3) is 0 Å². The molecule has 4 heteroatoms.